The summed E-state index contributed by atoms with van der Waals surface area (Å²) >= 11 is 1.59. The number of nitrogens with zero attached hydrogens (tertiary/aromatic N) is 3. The van der Waals surface area contributed by atoms with Crippen LogP contribution in [0.4, 0.5) is 5.82 Å². The third kappa shape index (κ3) is 2.56. The Morgan fingerprint density at radius 1 is 1.38 bits per heavy atom. The molecule has 5 heteroatoms. The summed E-state index contributed by atoms with van der Waals surface area (Å²) in [5.74, 6) is 0.847. The zero-order valence-corrected chi connectivity index (χ0v) is 9.81. The summed E-state index contributed by atoms with van der Waals surface area (Å²) < 4.78 is 0. The summed E-state index contributed by atoms with van der Waals surface area (Å²) in [7, 11) is 1.96. The normalized spacial score (nSPS) is 10.4. The van der Waals surface area contributed by atoms with Crippen LogP contribution in [0.15, 0.2) is 29.1 Å². The van der Waals surface area contributed by atoms with Crippen molar-refractivity contribution in [1.82, 2.24) is 9.97 Å². The first-order valence-electron chi connectivity index (χ1n) is 4.94. The van der Waals surface area contributed by atoms with Crippen molar-refractivity contribution in [2.24, 2.45) is 0 Å². The van der Waals surface area contributed by atoms with Crippen LogP contribution in [0.3, 0.4) is 0 Å². The van der Waals surface area contributed by atoms with Crippen molar-refractivity contribution in [2.45, 2.75) is 13.2 Å². The fourth-order valence-corrected chi connectivity index (χ4v) is 1.96. The van der Waals surface area contributed by atoms with Crippen molar-refractivity contribution in [2.75, 3.05) is 11.9 Å². The predicted molar refractivity (Wildman–Crippen MR) is 64.4 cm³/mol. The summed E-state index contributed by atoms with van der Waals surface area (Å²) in [5, 5.41) is 11.0. The van der Waals surface area contributed by atoms with E-state index < -0.39 is 0 Å². The molecule has 1 N–H and O–H groups in total. The molecule has 0 aromatic carbocycles. The fourth-order valence-electron chi connectivity index (χ4n) is 1.41. The molecule has 0 fully saturated rings. The Morgan fingerprint density at radius 2 is 2.25 bits per heavy atom. The molecule has 0 unspecified atom stereocenters. The van der Waals surface area contributed by atoms with E-state index in [4.69, 9.17) is 5.11 Å². The van der Waals surface area contributed by atoms with Crippen LogP contribution in [-0.2, 0) is 13.2 Å². The number of anilines is 1. The lowest BCUT2D eigenvalue weighted by atomic mass is 10.3. The van der Waals surface area contributed by atoms with Gasteiger partial charge in [-0.05, 0) is 12.1 Å². The van der Waals surface area contributed by atoms with Gasteiger partial charge in [-0.25, -0.2) is 9.97 Å². The first-order valence-corrected chi connectivity index (χ1v) is 5.89. The molecule has 2 aromatic rings. The van der Waals surface area contributed by atoms with Gasteiger partial charge < -0.3 is 10.0 Å². The van der Waals surface area contributed by atoms with Crippen LogP contribution in [0.2, 0.25) is 0 Å². The SMILES string of the molecule is CN(Cc1cscn1)c1cccc(CO)n1. The molecular weight excluding hydrogens is 222 g/mol. The molecular formula is C11H13N3OS. The van der Waals surface area contributed by atoms with E-state index in [-0.39, 0.29) is 6.61 Å². The number of hydrogen-bond donors (Lipinski definition) is 1. The zero-order chi connectivity index (χ0) is 11.4. The molecule has 0 aliphatic carbocycles. The van der Waals surface area contributed by atoms with Crippen LogP contribution >= 0.6 is 11.3 Å². The third-order valence-electron chi connectivity index (χ3n) is 2.23. The molecule has 0 amide bonds. The van der Waals surface area contributed by atoms with Gasteiger partial charge in [0.05, 0.1) is 30.1 Å². The Kier molecular flexibility index (Phi) is 3.48. The zero-order valence-electron chi connectivity index (χ0n) is 9.00. The molecule has 2 rings (SSSR count). The van der Waals surface area contributed by atoms with E-state index in [1.54, 1.807) is 17.4 Å². The van der Waals surface area contributed by atoms with Gasteiger partial charge in [0.25, 0.3) is 0 Å². The van der Waals surface area contributed by atoms with E-state index >= 15 is 0 Å². The van der Waals surface area contributed by atoms with Gasteiger partial charge in [-0.15, -0.1) is 11.3 Å². The number of aliphatic hydroxyl groups excluding tert-OH is 1. The molecule has 0 bridgehead atoms. The van der Waals surface area contributed by atoms with Gasteiger partial charge in [0, 0.05) is 12.4 Å². The van der Waals surface area contributed by atoms with Crippen molar-refractivity contribution >= 4 is 17.2 Å². The molecule has 0 aliphatic heterocycles. The maximum Gasteiger partial charge on any atom is 0.128 e. The van der Waals surface area contributed by atoms with E-state index in [2.05, 4.69) is 9.97 Å². The van der Waals surface area contributed by atoms with E-state index in [0.29, 0.717) is 5.69 Å². The third-order valence-corrected chi connectivity index (χ3v) is 2.86. The number of pyridine rings is 1. The molecule has 0 saturated carbocycles. The summed E-state index contributed by atoms with van der Waals surface area (Å²) in [6.45, 7) is 0.698. The number of aliphatic hydroxyl groups is 1. The summed E-state index contributed by atoms with van der Waals surface area (Å²) in [5.41, 5.74) is 3.53. The summed E-state index contributed by atoms with van der Waals surface area (Å²) in [6.07, 6.45) is 0. The second kappa shape index (κ2) is 5.05. The minimum atomic E-state index is -0.0294. The topological polar surface area (TPSA) is 49.2 Å². The van der Waals surface area contributed by atoms with Crippen LogP contribution in [-0.4, -0.2) is 22.1 Å². The highest BCUT2D eigenvalue weighted by Crippen LogP contribution is 2.13. The highest BCUT2D eigenvalue weighted by Gasteiger charge is 2.05. The fraction of sp³-hybridized carbons (Fsp3) is 0.273. The highest BCUT2D eigenvalue weighted by atomic mass is 32.1. The smallest absolute Gasteiger partial charge is 0.128 e. The molecule has 0 saturated heterocycles. The highest BCUT2D eigenvalue weighted by molar-refractivity contribution is 7.07. The van der Waals surface area contributed by atoms with Gasteiger partial charge >= 0.3 is 0 Å². The Hall–Kier alpha value is -1.46. The van der Waals surface area contributed by atoms with Crippen molar-refractivity contribution in [1.29, 1.82) is 0 Å². The number of rotatable bonds is 4. The molecule has 4 nitrogen and oxygen atoms in total. The number of aromatic nitrogens is 2. The second-order valence-corrected chi connectivity index (χ2v) is 4.20. The van der Waals surface area contributed by atoms with Crippen LogP contribution in [0, 0.1) is 0 Å². The summed E-state index contributed by atoms with van der Waals surface area (Å²) in [6, 6.07) is 5.62. The largest absolute Gasteiger partial charge is 0.390 e. The number of thiazole rings is 1. The van der Waals surface area contributed by atoms with Crippen LogP contribution < -0.4 is 4.90 Å². The molecule has 0 atom stereocenters. The quantitative estimate of drug-likeness (QED) is 0.875. The van der Waals surface area contributed by atoms with E-state index in [1.807, 2.05) is 35.0 Å². The van der Waals surface area contributed by atoms with Gasteiger partial charge in [0.1, 0.15) is 5.82 Å². The molecule has 0 radical (unpaired) electrons. The molecule has 0 spiro atoms. The van der Waals surface area contributed by atoms with Crippen LogP contribution in [0.5, 0.6) is 0 Å². The van der Waals surface area contributed by atoms with Crippen molar-refractivity contribution < 1.29 is 5.11 Å². The Bertz CT molecular complexity index is 444. The minimum absolute atomic E-state index is 0.0294. The van der Waals surface area contributed by atoms with E-state index in [0.717, 1.165) is 18.1 Å². The first kappa shape index (κ1) is 11.0. The average molecular weight is 235 g/mol. The van der Waals surface area contributed by atoms with Crippen LogP contribution in [0.1, 0.15) is 11.4 Å². The number of hydrogen-bond acceptors (Lipinski definition) is 5. The van der Waals surface area contributed by atoms with Crippen molar-refractivity contribution in [3.63, 3.8) is 0 Å². The van der Waals surface area contributed by atoms with E-state index in [9.17, 15) is 0 Å². The lowest BCUT2D eigenvalue weighted by Crippen LogP contribution is -2.18. The molecule has 2 heterocycles. The average Bonchev–Trinajstić information content (AvgIpc) is 2.82. The van der Waals surface area contributed by atoms with Gasteiger partial charge in [0.15, 0.2) is 0 Å². The van der Waals surface area contributed by atoms with Crippen LogP contribution in [0.25, 0.3) is 0 Å². The Labute approximate surface area is 98.2 Å². The molecule has 2 aromatic heterocycles. The second-order valence-electron chi connectivity index (χ2n) is 3.48. The van der Waals surface area contributed by atoms with Gasteiger partial charge in [-0.2, -0.15) is 0 Å². The maximum absolute atomic E-state index is 9.01. The molecule has 16 heavy (non-hydrogen) atoms. The molecule has 0 aliphatic rings. The van der Waals surface area contributed by atoms with Gasteiger partial charge in [-0.1, -0.05) is 6.07 Å². The monoisotopic (exact) mass is 235 g/mol. The van der Waals surface area contributed by atoms with Crippen molar-refractivity contribution in [3.8, 4) is 0 Å². The molecule has 84 valence electrons. The summed E-state index contributed by atoms with van der Waals surface area (Å²) in [4.78, 5) is 10.6. The Morgan fingerprint density at radius 3 is 2.94 bits per heavy atom. The minimum Gasteiger partial charge on any atom is -0.390 e. The maximum atomic E-state index is 9.01. The first-order chi connectivity index (χ1) is 7.79. The van der Waals surface area contributed by atoms with Crippen molar-refractivity contribution in [3.05, 3.63) is 40.5 Å². The Balaban J connectivity index is 2.11. The standard InChI is InChI=1S/C11H13N3OS/c1-14(5-10-7-16-8-12-10)11-4-2-3-9(6-15)13-11/h2-4,7-8,15H,5-6H2,1H3. The lowest BCUT2D eigenvalue weighted by Gasteiger charge is -2.17. The van der Waals surface area contributed by atoms with Gasteiger partial charge in [0.2, 0.25) is 0 Å². The van der Waals surface area contributed by atoms with Gasteiger partial charge in [-0.3, -0.25) is 0 Å². The van der Waals surface area contributed by atoms with E-state index in [1.165, 1.54) is 0 Å². The predicted octanol–water partition coefficient (Wildman–Crippen LogP) is 1.67. The lowest BCUT2D eigenvalue weighted by molar-refractivity contribution is 0.277.